The summed E-state index contributed by atoms with van der Waals surface area (Å²) < 4.78 is 18.5. The van der Waals surface area contributed by atoms with Crippen LogP contribution in [0.3, 0.4) is 0 Å². The van der Waals surface area contributed by atoms with E-state index < -0.39 is 0 Å². The maximum atomic E-state index is 5.53. The number of hydrogen-bond acceptors (Lipinski definition) is 9. The van der Waals surface area contributed by atoms with Crippen molar-refractivity contribution in [3.8, 4) is 11.5 Å². The van der Waals surface area contributed by atoms with Crippen LogP contribution in [0.1, 0.15) is 36.7 Å². The molecule has 0 saturated carbocycles. The van der Waals surface area contributed by atoms with E-state index >= 15 is 0 Å². The Morgan fingerprint density at radius 2 is 1.85 bits per heavy atom. The van der Waals surface area contributed by atoms with Gasteiger partial charge in [-0.05, 0) is 62.0 Å². The number of pyridine rings is 1. The molecule has 1 aliphatic heterocycles. The summed E-state index contributed by atoms with van der Waals surface area (Å²) in [6.45, 7) is 11.5. The molecule has 2 aromatic heterocycles. The molecule has 3 aromatic rings. The van der Waals surface area contributed by atoms with Crippen LogP contribution in [0.4, 0.5) is 11.5 Å². The molecular formula is C30H35N7O3. The van der Waals surface area contributed by atoms with E-state index in [2.05, 4.69) is 52.9 Å². The Kier molecular flexibility index (Phi) is 8.26. The Morgan fingerprint density at radius 1 is 1.10 bits per heavy atom. The van der Waals surface area contributed by atoms with E-state index in [4.69, 9.17) is 24.3 Å². The van der Waals surface area contributed by atoms with E-state index in [1.165, 1.54) is 0 Å². The van der Waals surface area contributed by atoms with Gasteiger partial charge in [0, 0.05) is 42.5 Å². The highest BCUT2D eigenvalue weighted by Crippen LogP contribution is 2.38. The van der Waals surface area contributed by atoms with E-state index in [0.29, 0.717) is 18.2 Å². The molecule has 0 atom stereocenters. The first-order valence-corrected chi connectivity index (χ1v) is 13.3. The molecule has 0 amide bonds. The molecule has 208 valence electrons. The average molecular weight is 542 g/mol. The summed E-state index contributed by atoms with van der Waals surface area (Å²) in [5.74, 6) is 2.16. The van der Waals surface area contributed by atoms with Gasteiger partial charge in [-0.3, -0.25) is 14.7 Å². The summed E-state index contributed by atoms with van der Waals surface area (Å²) in [6, 6.07) is 10.00. The normalized spacial score (nSPS) is 17.1. The molecule has 5 rings (SSSR count). The second-order valence-corrected chi connectivity index (χ2v) is 9.71. The van der Waals surface area contributed by atoms with Gasteiger partial charge in [0.25, 0.3) is 0 Å². The zero-order valence-electron chi connectivity index (χ0n) is 23.4. The van der Waals surface area contributed by atoms with Gasteiger partial charge in [0.15, 0.2) is 0 Å². The first-order valence-electron chi connectivity index (χ1n) is 13.3. The summed E-state index contributed by atoms with van der Waals surface area (Å²) in [5, 5.41) is 8.07. The molecule has 2 aliphatic rings. The summed E-state index contributed by atoms with van der Waals surface area (Å²) in [4.78, 5) is 15.9. The number of hydrogen-bond donors (Lipinski definition) is 1. The number of anilines is 2. The molecule has 3 heterocycles. The number of allylic oxidation sites excluding steroid dienone is 2. The minimum Gasteiger partial charge on any atom is -0.497 e. The van der Waals surface area contributed by atoms with Crippen molar-refractivity contribution in [3.05, 3.63) is 77.4 Å². The topological polar surface area (TPSA) is 98.4 Å². The van der Waals surface area contributed by atoms with Gasteiger partial charge in [0.1, 0.15) is 24.0 Å². The van der Waals surface area contributed by atoms with E-state index in [1.807, 2.05) is 41.3 Å². The summed E-state index contributed by atoms with van der Waals surface area (Å²) in [6.07, 6.45) is 7.57. The summed E-state index contributed by atoms with van der Waals surface area (Å²) in [7, 11) is 3.29. The second kappa shape index (κ2) is 12.2. The minimum absolute atomic E-state index is 0.119. The number of aliphatic imine (C=N–C) groups is 2. The third kappa shape index (κ3) is 5.62. The number of rotatable bonds is 9. The largest absolute Gasteiger partial charge is 0.497 e. The standard InChI is InChI=1S/C30H35N7O3/c1-20(2)37-30-27(18-35-37)26(21-12-24(38-4)15-25(13-21)39-5)14-22(16-31-3)29(30)34-19-33-28-7-6-23(17-32-28)36-8-10-40-11-9-36/h6-7,12-18,20H,3,8-11,19H2,1-2,4-5H3,(H,32,33)/b22-16-,34-29?. The Balaban J connectivity index is 1.47. The van der Waals surface area contributed by atoms with E-state index in [9.17, 15) is 0 Å². The number of methoxy groups -OCH3 is 2. The number of aromatic nitrogens is 3. The number of nitrogens with one attached hydrogen (secondary N) is 1. The molecule has 1 saturated heterocycles. The lowest BCUT2D eigenvalue weighted by Gasteiger charge is -2.28. The fourth-order valence-electron chi connectivity index (χ4n) is 4.89. The predicted molar refractivity (Wildman–Crippen MR) is 159 cm³/mol. The maximum Gasteiger partial charge on any atom is 0.127 e. The molecule has 1 fully saturated rings. The number of morpholine rings is 1. The number of benzene rings is 1. The Bertz CT molecular complexity index is 1430. The van der Waals surface area contributed by atoms with Crippen LogP contribution in [0.5, 0.6) is 11.5 Å². The maximum absolute atomic E-state index is 5.53. The van der Waals surface area contributed by atoms with Crippen molar-refractivity contribution in [2.75, 3.05) is 57.4 Å². The van der Waals surface area contributed by atoms with Gasteiger partial charge in [-0.2, -0.15) is 5.10 Å². The first-order chi connectivity index (χ1) is 19.5. The van der Waals surface area contributed by atoms with Crippen LogP contribution in [0.15, 0.2) is 70.6 Å². The van der Waals surface area contributed by atoms with Crippen molar-refractivity contribution in [1.82, 2.24) is 14.8 Å². The van der Waals surface area contributed by atoms with Gasteiger partial charge >= 0.3 is 0 Å². The lowest BCUT2D eigenvalue weighted by molar-refractivity contribution is 0.122. The van der Waals surface area contributed by atoms with Crippen molar-refractivity contribution in [1.29, 1.82) is 0 Å². The van der Waals surface area contributed by atoms with Gasteiger partial charge in [0.05, 0.1) is 56.9 Å². The highest BCUT2D eigenvalue weighted by Gasteiger charge is 2.28. The molecule has 1 N–H and O–H groups in total. The molecule has 10 heteroatoms. The molecule has 0 radical (unpaired) electrons. The highest BCUT2D eigenvalue weighted by molar-refractivity contribution is 6.20. The van der Waals surface area contributed by atoms with Gasteiger partial charge in [0.2, 0.25) is 0 Å². The number of fused-ring (bicyclic) bond motifs is 1. The van der Waals surface area contributed by atoms with E-state index in [-0.39, 0.29) is 6.04 Å². The third-order valence-corrected chi connectivity index (χ3v) is 6.89. The lowest BCUT2D eigenvalue weighted by Crippen LogP contribution is -2.36. The second-order valence-electron chi connectivity index (χ2n) is 9.71. The smallest absolute Gasteiger partial charge is 0.127 e. The zero-order chi connectivity index (χ0) is 28.1. The fourth-order valence-corrected chi connectivity index (χ4v) is 4.89. The molecule has 0 spiro atoms. The van der Waals surface area contributed by atoms with Gasteiger partial charge in [-0.15, -0.1) is 0 Å². The van der Waals surface area contributed by atoms with Gasteiger partial charge in [-0.1, -0.05) is 0 Å². The van der Waals surface area contributed by atoms with Crippen LogP contribution < -0.4 is 19.7 Å². The molecule has 1 aliphatic carbocycles. The molecular weight excluding hydrogens is 506 g/mol. The molecule has 1 aromatic carbocycles. The van der Waals surface area contributed by atoms with Crippen molar-refractivity contribution in [3.63, 3.8) is 0 Å². The third-order valence-electron chi connectivity index (χ3n) is 6.89. The number of ether oxygens (including phenoxy) is 3. The molecule has 10 nitrogen and oxygen atoms in total. The Labute approximate surface area is 234 Å². The molecule has 40 heavy (non-hydrogen) atoms. The van der Waals surface area contributed by atoms with Crippen LogP contribution in [0, 0.1) is 0 Å². The first kappa shape index (κ1) is 27.1. The fraction of sp³-hybridized carbons (Fsp3) is 0.333. The quantitative estimate of drug-likeness (QED) is 0.395. The summed E-state index contributed by atoms with van der Waals surface area (Å²) in [5.41, 5.74) is 6.51. The Morgan fingerprint density at radius 3 is 2.48 bits per heavy atom. The monoisotopic (exact) mass is 541 g/mol. The Hall–Kier alpha value is -4.44. The van der Waals surface area contributed by atoms with Crippen LogP contribution in [0.2, 0.25) is 0 Å². The van der Waals surface area contributed by atoms with Crippen molar-refractivity contribution >= 4 is 29.5 Å². The van der Waals surface area contributed by atoms with E-state index in [0.717, 1.165) is 71.5 Å². The van der Waals surface area contributed by atoms with Crippen LogP contribution >= 0.6 is 0 Å². The van der Waals surface area contributed by atoms with Crippen molar-refractivity contribution in [2.24, 2.45) is 9.98 Å². The molecule has 0 bridgehead atoms. The van der Waals surface area contributed by atoms with Crippen LogP contribution in [0.25, 0.3) is 5.57 Å². The van der Waals surface area contributed by atoms with Crippen LogP contribution in [-0.2, 0) is 4.74 Å². The highest BCUT2D eigenvalue weighted by atomic mass is 16.5. The van der Waals surface area contributed by atoms with Crippen LogP contribution in [-0.4, -0.2) is 74.4 Å². The summed E-state index contributed by atoms with van der Waals surface area (Å²) >= 11 is 0. The predicted octanol–water partition coefficient (Wildman–Crippen LogP) is 4.60. The lowest BCUT2D eigenvalue weighted by atomic mass is 9.87. The van der Waals surface area contributed by atoms with Gasteiger partial charge < -0.3 is 24.4 Å². The van der Waals surface area contributed by atoms with Crippen molar-refractivity contribution in [2.45, 2.75) is 19.9 Å². The van der Waals surface area contributed by atoms with E-state index in [1.54, 1.807) is 20.4 Å². The zero-order valence-corrected chi connectivity index (χ0v) is 23.4. The molecule has 0 unspecified atom stereocenters. The number of nitrogens with zero attached hydrogens (tertiary/aromatic N) is 6. The SMILES string of the molecule is C=N/C=C1/C=C(c2cc(OC)cc(OC)c2)c2cnn(C(C)C)c2C1=NCNc1ccc(N2CCOCC2)cn1. The van der Waals surface area contributed by atoms with Gasteiger partial charge in [-0.25, -0.2) is 4.98 Å². The van der Waals surface area contributed by atoms with Crippen molar-refractivity contribution < 1.29 is 14.2 Å². The average Bonchev–Trinajstić information content (AvgIpc) is 3.44. The minimum atomic E-state index is 0.119.